The van der Waals surface area contributed by atoms with E-state index in [2.05, 4.69) is 13.8 Å². The lowest BCUT2D eigenvalue weighted by molar-refractivity contribution is 0.0544. The van der Waals surface area contributed by atoms with Gasteiger partial charge in [0, 0.05) is 25.3 Å². The molecule has 2 heterocycles. The third kappa shape index (κ3) is 7.44. The normalized spacial score (nSPS) is 13.9. The van der Waals surface area contributed by atoms with E-state index in [1.807, 2.05) is 66.4 Å². The van der Waals surface area contributed by atoms with Crippen LogP contribution in [0.25, 0.3) is 16.8 Å². The molecule has 0 radical (unpaired) electrons. The van der Waals surface area contributed by atoms with Crippen molar-refractivity contribution in [3.63, 3.8) is 0 Å². The van der Waals surface area contributed by atoms with Crippen molar-refractivity contribution in [2.75, 3.05) is 41.0 Å². The summed E-state index contributed by atoms with van der Waals surface area (Å²) in [6.07, 6.45) is 4.36. The zero-order chi connectivity index (χ0) is 35.1. The van der Waals surface area contributed by atoms with Gasteiger partial charge in [-0.1, -0.05) is 57.0 Å². The van der Waals surface area contributed by atoms with Crippen molar-refractivity contribution < 1.29 is 28.9 Å². The van der Waals surface area contributed by atoms with Gasteiger partial charge in [0.1, 0.15) is 0 Å². The van der Waals surface area contributed by atoms with E-state index in [0.717, 1.165) is 53.6 Å². The van der Waals surface area contributed by atoms with E-state index in [9.17, 15) is 14.7 Å². The molecule has 1 aromatic heterocycles. The highest BCUT2D eigenvalue weighted by molar-refractivity contribution is 6.00. The van der Waals surface area contributed by atoms with Gasteiger partial charge in [0.05, 0.1) is 45.2 Å². The Bertz CT molecular complexity index is 1750. The average molecular weight is 669 g/mol. The molecule has 10 heteroatoms. The Hall–Kier alpha value is -4.83. The van der Waals surface area contributed by atoms with Crippen LogP contribution in [0.3, 0.4) is 0 Å². The molecule has 3 aromatic carbocycles. The molecule has 0 spiro atoms. The Morgan fingerprint density at radius 3 is 2.12 bits per heavy atom. The number of carbonyl (C=O) groups is 2. The summed E-state index contributed by atoms with van der Waals surface area (Å²) in [6.45, 7) is 7.66. The second kappa shape index (κ2) is 16.0. The highest BCUT2D eigenvalue weighted by Crippen LogP contribution is 2.42. The Morgan fingerprint density at radius 2 is 1.53 bits per heavy atom. The number of aryl methyl sites for hydroxylation is 1. The van der Waals surface area contributed by atoms with Gasteiger partial charge in [-0.05, 0) is 78.8 Å². The molecule has 5 rings (SSSR count). The molecule has 49 heavy (non-hydrogen) atoms. The maximum Gasteiger partial charge on any atom is 0.274 e. The van der Waals surface area contributed by atoms with Crippen LogP contribution in [0.4, 0.5) is 0 Å². The van der Waals surface area contributed by atoms with E-state index in [0.29, 0.717) is 60.2 Å². The highest BCUT2D eigenvalue weighted by Gasteiger charge is 2.32. The highest BCUT2D eigenvalue weighted by atomic mass is 16.5. The summed E-state index contributed by atoms with van der Waals surface area (Å²) in [5, 5.41) is 15.3. The summed E-state index contributed by atoms with van der Waals surface area (Å²) >= 11 is 0. The van der Waals surface area contributed by atoms with Crippen molar-refractivity contribution in [2.45, 2.75) is 65.5 Å². The third-order valence-electron chi connectivity index (χ3n) is 9.24. The Kier molecular flexibility index (Phi) is 11.6. The predicted molar refractivity (Wildman–Crippen MR) is 190 cm³/mol. The molecule has 1 atom stereocenters. The predicted octanol–water partition coefficient (Wildman–Crippen LogP) is 6.48. The molecule has 10 nitrogen and oxygen atoms in total. The van der Waals surface area contributed by atoms with Gasteiger partial charge in [-0.3, -0.25) is 9.59 Å². The fraction of sp³-hybridized carbons (Fsp3) is 0.410. The van der Waals surface area contributed by atoms with Crippen molar-refractivity contribution in [3.8, 4) is 34.1 Å². The molecular formula is C39H48N4O6. The van der Waals surface area contributed by atoms with Gasteiger partial charge in [-0.25, -0.2) is 4.68 Å². The number of unbranched alkanes of at least 4 members (excludes halogenated alkanes) is 2. The lowest BCUT2D eigenvalue weighted by Crippen LogP contribution is -2.46. The summed E-state index contributed by atoms with van der Waals surface area (Å²) in [6, 6.07) is 18.7. The molecule has 0 unspecified atom stereocenters. The SMILES string of the molecule is CCCCN(CCCC)C(=O)c1cc(C)n(-c2ccc(-c3cc(OC)c(OC)c(OC)c3)cc2C(=O)N2Cc3ccccc3C[C@H]2CO)n1. The van der Waals surface area contributed by atoms with Crippen LogP contribution in [-0.2, 0) is 13.0 Å². The number of hydrogen-bond acceptors (Lipinski definition) is 7. The summed E-state index contributed by atoms with van der Waals surface area (Å²) in [4.78, 5) is 32.1. The molecule has 2 amide bonds. The molecule has 1 aliphatic rings. The first kappa shape index (κ1) is 35.5. The molecular weight excluding hydrogens is 620 g/mol. The second-order valence-corrected chi connectivity index (χ2v) is 12.5. The van der Waals surface area contributed by atoms with E-state index >= 15 is 0 Å². The molecule has 4 aromatic rings. The topological polar surface area (TPSA) is 106 Å². The second-order valence-electron chi connectivity index (χ2n) is 12.5. The number of carbonyl (C=O) groups excluding carboxylic acids is 2. The fourth-order valence-corrected chi connectivity index (χ4v) is 6.46. The van der Waals surface area contributed by atoms with Crippen LogP contribution >= 0.6 is 0 Å². The number of benzene rings is 3. The lowest BCUT2D eigenvalue weighted by atomic mass is 9.93. The Balaban J connectivity index is 1.63. The largest absolute Gasteiger partial charge is 0.493 e. The molecule has 260 valence electrons. The summed E-state index contributed by atoms with van der Waals surface area (Å²) < 4.78 is 18.5. The van der Waals surface area contributed by atoms with Gasteiger partial charge in [0.25, 0.3) is 11.8 Å². The number of aliphatic hydroxyl groups excluding tert-OH is 1. The van der Waals surface area contributed by atoms with E-state index < -0.39 is 6.04 Å². The average Bonchev–Trinajstić information content (AvgIpc) is 3.53. The van der Waals surface area contributed by atoms with Gasteiger partial charge in [0.2, 0.25) is 5.75 Å². The molecule has 1 aliphatic heterocycles. The first-order valence-electron chi connectivity index (χ1n) is 17.1. The lowest BCUT2D eigenvalue weighted by Gasteiger charge is -2.36. The zero-order valence-electron chi connectivity index (χ0n) is 29.5. The van der Waals surface area contributed by atoms with Crippen LogP contribution in [0.5, 0.6) is 17.2 Å². The molecule has 0 fully saturated rings. The van der Waals surface area contributed by atoms with Gasteiger partial charge in [-0.2, -0.15) is 5.10 Å². The molecule has 0 bridgehead atoms. The smallest absolute Gasteiger partial charge is 0.274 e. The molecule has 1 N–H and O–H groups in total. The Labute approximate surface area is 289 Å². The van der Waals surface area contributed by atoms with Gasteiger partial charge in [0.15, 0.2) is 17.2 Å². The zero-order valence-corrected chi connectivity index (χ0v) is 29.5. The first-order valence-corrected chi connectivity index (χ1v) is 17.1. The number of hydrogen-bond donors (Lipinski definition) is 1. The number of ether oxygens (including phenoxy) is 3. The van der Waals surface area contributed by atoms with E-state index in [-0.39, 0.29) is 18.4 Å². The van der Waals surface area contributed by atoms with Crippen molar-refractivity contribution in [3.05, 3.63) is 88.7 Å². The fourth-order valence-electron chi connectivity index (χ4n) is 6.46. The van der Waals surface area contributed by atoms with Crippen LogP contribution < -0.4 is 14.2 Å². The number of fused-ring (bicyclic) bond motifs is 1. The summed E-state index contributed by atoms with van der Waals surface area (Å²) in [7, 11) is 4.68. The Morgan fingerprint density at radius 1 is 0.878 bits per heavy atom. The van der Waals surface area contributed by atoms with E-state index in [1.54, 1.807) is 37.0 Å². The van der Waals surface area contributed by atoms with E-state index in [1.165, 1.54) is 0 Å². The van der Waals surface area contributed by atoms with Crippen LogP contribution in [-0.4, -0.2) is 83.6 Å². The van der Waals surface area contributed by atoms with Crippen LogP contribution in [0.2, 0.25) is 0 Å². The maximum absolute atomic E-state index is 14.7. The van der Waals surface area contributed by atoms with Crippen molar-refractivity contribution in [1.29, 1.82) is 0 Å². The molecule has 0 saturated carbocycles. The summed E-state index contributed by atoms with van der Waals surface area (Å²) in [5.74, 6) is 1.09. The number of amides is 2. The standard InChI is InChI=1S/C39H48N4O6/c1-7-9-17-41(18-10-8-2)39(46)33-19-26(3)43(40-33)34-16-15-28(30-22-35(47-4)37(49-6)36(23-30)48-5)21-32(34)38(45)42-24-29-14-12-11-13-27(29)20-31(42)25-44/h11-16,19,21-23,31,44H,7-10,17-18,20,24-25H2,1-6H3/t31-/m0/s1. The molecule has 0 saturated heterocycles. The number of aromatic nitrogens is 2. The van der Waals surface area contributed by atoms with Crippen molar-refractivity contribution in [2.24, 2.45) is 0 Å². The van der Waals surface area contributed by atoms with Gasteiger partial charge >= 0.3 is 0 Å². The van der Waals surface area contributed by atoms with Crippen molar-refractivity contribution >= 4 is 11.8 Å². The minimum absolute atomic E-state index is 0.112. The number of nitrogens with zero attached hydrogens (tertiary/aromatic N) is 4. The monoisotopic (exact) mass is 668 g/mol. The first-order chi connectivity index (χ1) is 23.8. The van der Waals surface area contributed by atoms with Crippen LogP contribution in [0.15, 0.2) is 60.7 Å². The number of aliphatic hydroxyl groups is 1. The van der Waals surface area contributed by atoms with Crippen LogP contribution in [0.1, 0.15) is 77.2 Å². The third-order valence-corrected chi connectivity index (χ3v) is 9.24. The quantitative estimate of drug-likeness (QED) is 0.164. The van der Waals surface area contributed by atoms with Gasteiger partial charge < -0.3 is 29.1 Å². The number of methoxy groups -OCH3 is 3. The minimum atomic E-state index is -0.401. The van der Waals surface area contributed by atoms with Crippen LogP contribution in [0, 0.1) is 6.92 Å². The van der Waals surface area contributed by atoms with Crippen molar-refractivity contribution in [1.82, 2.24) is 19.6 Å². The van der Waals surface area contributed by atoms with Gasteiger partial charge in [-0.15, -0.1) is 0 Å². The van der Waals surface area contributed by atoms with E-state index in [4.69, 9.17) is 19.3 Å². The maximum atomic E-state index is 14.7. The minimum Gasteiger partial charge on any atom is -0.493 e. The number of rotatable bonds is 14. The molecule has 0 aliphatic carbocycles. The summed E-state index contributed by atoms with van der Waals surface area (Å²) in [5.41, 5.74) is 5.68.